The van der Waals surface area contributed by atoms with Crippen LogP contribution < -0.4 is 10.6 Å². The Hall–Kier alpha value is -2.57. The van der Waals surface area contributed by atoms with E-state index >= 15 is 0 Å². The molecule has 0 aromatic heterocycles. The van der Waals surface area contributed by atoms with E-state index in [0.29, 0.717) is 6.54 Å². The van der Waals surface area contributed by atoms with E-state index in [9.17, 15) is 14.4 Å². The Kier molecular flexibility index (Phi) is 12.6. The van der Waals surface area contributed by atoms with Crippen molar-refractivity contribution in [2.24, 2.45) is 0 Å². The normalized spacial score (nSPS) is 13.5. The van der Waals surface area contributed by atoms with Crippen LogP contribution in [0.5, 0.6) is 0 Å². The molecule has 1 aromatic rings. The van der Waals surface area contributed by atoms with E-state index in [-0.39, 0.29) is 11.8 Å². The Morgan fingerprint density at radius 2 is 1.54 bits per heavy atom. The van der Waals surface area contributed by atoms with Crippen molar-refractivity contribution in [2.45, 2.75) is 131 Å². The number of unbranched alkanes of at least 4 members (excludes halogenated alkanes) is 5. The molecule has 0 bridgehead atoms. The zero-order valence-electron chi connectivity index (χ0n) is 24.9. The van der Waals surface area contributed by atoms with Crippen molar-refractivity contribution in [3.8, 4) is 0 Å². The van der Waals surface area contributed by atoms with Gasteiger partial charge in [-0.1, -0.05) is 57.2 Å². The summed E-state index contributed by atoms with van der Waals surface area (Å²) >= 11 is 0. The molecular formula is C30H51N3O4. The van der Waals surface area contributed by atoms with Crippen molar-refractivity contribution in [2.75, 3.05) is 6.54 Å². The summed E-state index contributed by atoms with van der Waals surface area (Å²) in [4.78, 5) is 41.7. The van der Waals surface area contributed by atoms with Gasteiger partial charge in [0, 0.05) is 12.1 Å². The van der Waals surface area contributed by atoms with Crippen LogP contribution in [0.15, 0.2) is 18.2 Å². The topological polar surface area (TPSA) is 87.7 Å². The second-order valence-electron chi connectivity index (χ2n) is 12.1. The van der Waals surface area contributed by atoms with Crippen LogP contribution in [0.2, 0.25) is 0 Å². The Labute approximate surface area is 225 Å². The maximum absolute atomic E-state index is 13.9. The quantitative estimate of drug-likeness (QED) is 0.316. The van der Waals surface area contributed by atoms with Gasteiger partial charge in [-0.3, -0.25) is 9.59 Å². The number of amides is 3. The number of carbonyl (C=O) groups excluding carboxylic acids is 3. The van der Waals surface area contributed by atoms with E-state index in [4.69, 9.17) is 4.74 Å². The number of hydrogen-bond donors (Lipinski definition) is 2. The molecule has 210 valence electrons. The highest BCUT2D eigenvalue weighted by Gasteiger charge is 2.36. The number of nitrogens with zero attached hydrogens (tertiary/aromatic N) is 1. The summed E-state index contributed by atoms with van der Waals surface area (Å²) in [5.74, 6) is -0.542. The number of ether oxygens (including phenoxy) is 1. The lowest BCUT2D eigenvalue weighted by atomic mass is 9.94. The molecule has 37 heavy (non-hydrogen) atoms. The zero-order valence-corrected chi connectivity index (χ0v) is 24.9. The van der Waals surface area contributed by atoms with Crippen molar-refractivity contribution >= 4 is 17.9 Å². The minimum atomic E-state index is -0.856. The highest BCUT2D eigenvalue weighted by atomic mass is 16.6. The molecule has 1 aromatic carbocycles. The van der Waals surface area contributed by atoms with Crippen LogP contribution in [0.3, 0.4) is 0 Å². The molecule has 0 aliphatic rings. The molecule has 1 rings (SSSR count). The van der Waals surface area contributed by atoms with Crippen molar-refractivity contribution in [1.82, 2.24) is 15.5 Å². The van der Waals surface area contributed by atoms with E-state index in [1.807, 2.05) is 52.8 Å². The standard InChI is InChI=1S/C30H51N3O4/c1-11-12-13-14-15-16-20-33(27(35)23(4)31-28(36)37-30(8,9)10)25(26(34)32-29(5,6)7)24-19-17-18-21(2)22(24)3/h17-19,23,25H,11-16,20H2,1-10H3,(H,31,36)(H,32,34). The summed E-state index contributed by atoms with van der Waals surface area (Å²) in [6, 6.07) is 4.17. The number of nitrogens with one attached hydrogen (secondary N) is 2. The summed E-state index contributed by atoms with van der Waals surface area (Å²) < 4.78 is 5.37. The minimum Gasteiger partial charge on any atom is -0.444 e. The highest BCUT2D eigenvalue weighted by molar-refractivity contribution is 5.92. The van der Waals surface area contributed by atoms with Gasteiger partial charge in [0.05, 0.1) is 0 Å². The molecule has 3 amide bonds. The molecule has 0 spiro atoms. The third-order valence-corrected chi connectivity index (χ3v) is 6.14. The van der Waals surface area contributed by atoms with Crippen LogP contribution in [0.1, 0.15) is 117 Å². The number of aryl methyl sites for hydroxylation is 1. The van der Waals surface area contributed by atoms with Gasteiger partial charge < -0.3 is 20.3 Å². The summed E-state index contributed by atoms with van der Waals surface area (Å²) in [5.41, 5.74) is 1.68. The number of alkyl carbamates (subject to hydrolysis) is 1. The Morgan fingerprint density at radius 3 is 2.11 bits per heavy atom. The first-order valence-electron chi connectivity index (χ1n) is 13.8. The average molecular weight is 518 g/mol. The van der Waals surface area contributed by atoms with Crippen LogP contribution in [0, 0.1) is 13.8 Å². The van der Waals surface area contributed by atoms with E-state index < -0.39 is 29.3 Å². The van der Waals surface area contributed by atoms with Gasteiger partial charge in [0.25, 0.3) is 0 Å². The molecule has 0 fully saturated rings. The van der Waals surface area contributed by atoms with Gasteiger partial charge in [0.2, 0.25) is 11.8 Å². The van der Waals surface area contributed by atoms with Gasteiger partial charge in [0.1, 0.15) is 17.7 Å². The van der Waals surface area contributed by atoms with E-state index in [0.717, 1.165) is 42.4 Å². The van der Waals surface area contributed by atoms with Gasteiger partial charge in [0.15, 0.2) is 0 Å². The fraction of sp³-hybridized carbons (Fsp3) is 0.700. The first-order valence-corrected chi connectivity index (χ1v) is 13.8. The van der Waals surface area contributed by atoms with Crippen molar-refractivity contribution in [3.63, 3.8) is 0 Å². The number of hydrogen-bond acceptors (Lipinski definition) is 4. The molecule has 2 unspecified atom stereocenters. The van der Waals surface area contributed by atoms with E-state index in [1.54, 1.807) is 32.6 Å². The Balaban J connectivity index is 3.38. The fourth-order valence-electron chi connectivity index (χ4n) is 4.18. The van der Waals surface area contributed by atoms with Crippen LogP contribution in [-0.4, -0.2) is 46.5 Å². The molecule has 7 heteroatoms. The first-order chi connectivity index (χ1) is 17.1. The maximum Gasteiger partial charge on any atom is 0.408 e. The van der Waals surface area contributed by atoms with Crippen molar-refractivity contribution in [3.05, 3.63) is 34.9 Å². The summed E-state index contributed by atoms with van der Waals surface area (Å²) in [7, 11) is 0. The molecule has 0 radical (unpaired) electrons. The lowest BCUT2D eigenvalue weighted by Gasteiger charge is -2.36. The number of benzene rings is 1. The lowest BCUT2D eigenvalue weighted by Crippen LogP contribution is -2.54. The van der Waals surface area contributed by atoms with Gasteiger partial charge >= 0.3 is 6.09 Å². The Bertz CT molecular complexity index is 899. The third-order valence-electron chi connectivity index (χ3n) is 6.14. The monoisotopic (exact) mass is 517 g/mol. The molecule has 2 atom stereocenters. The van der Waals surface area contributed by atoms with Crippen molar-refractivity contribution < 1.29 is 19.1 Å². The molecule has 0 aliphatic heterocycles. The largest absolute Gasteiger partial charge is 0.444 e. The van der Waals surface area contributed by atoms with Crippen LogP contribution in [-0.2, 0) is 14.3 Å². The second-order valence-corrected chi connectivity index (χ2v) is 12.1. The fourth-order valence-corrected chi connectivity index (χ4v) is 4.18. The summed E-state index contributed by atoms with van der Waals surface area (Å²) in [6.07, 6.45) is 5.70. The van der Waals surface area contributed by atoms with Crippen LogP contribution >= 0.6 is 0 Å². The van der Waals surface area contributed by atoms with Gasteiger partial charge in [-0.15, -0.1) is 0 Å². The minimum absolute atomic E-state index is 0.231. The summed E-state index contributed by atoms with van der Waals surface area (Å²) in [6.45, 7) is 19.3. The molecule has 7 nitrogen and oxygen atoms in total. The smallest absolute Gasteiger partial charge is 0.408 e. The predicted octanol–water partition coefficient (Wildman–Crippen LogP) is 6.36. The van der Waals surface area contributed by atoms with Gasteiger partial charge in [-0.2, -0.15) is 0 Å². The molecular weight excluding hydrogens is 466 g/mol. The molecule has 2 N–H and O–H groups in total. The number of carbonyl (C=O) groups is 3. The first kappa shape index (κ1) is 32.5. The van der Waals surface area contributed by atoms with E-state index in [1.165, 1.54) is 12.8 Å². The molecule has 0 heterocycles. The highest BCUT2D eigenvalue weighted by Crippen LogP contribution is 2.28. The maximum atomic E-state index is 13.9. The van der Waals surface area contributed by atoms with Crippen LogP contribution in [0.4, 0.5) is 4.79 Å². The zero-order chi connectivity index (χ0) is 28.4. The van der Waals surface area contributed by atoms with E-state index in [2.05, 4.69) is 17.6 Å². The lowest BCUT2D eigenvalue weighted by molar-refractivity contribution is -0.142. The van der Waals surface area contributed by atoms with Gasteiger partial charge in [-0.05, 0) is 85.4 Å². The van der Waals surface area contributed by atoms with Gasteiger partial charge in [-0.25, -0.2) is 4.79 Å². The van der Waals surface area contributed by atoms with Crippen LogP contribution in [0.25, 0.3) is 0 Å². The molecule has 0 saturated carbocycles. The average Bonchev–Trinajstić information content (AvgIpc) is 2.74. The number of rotatable bonds is 12. The molecule has 0 saturated heterocycles. The van der Waals surface area contributed by atoms with Crippen molar-refractivity contribution in [1.29, 1.82) is 0 Å². The third kappa shape index (κ3) is 11.6. The SMILES string of the molecule is CCCCCCCCN(C(=O)C(C)NC(=O)OC(C)(C)C)C(C(=O)NC(C)(C)C)c1cccc(C)c1C. The summed E-state index contributed by atoms with van der Waals surface area (Å²) in [5, 5.41) is 5.75. The predicted molar refractivity (Wildman–Crippen MR) is 150 cm³/mol. The molecule has 0 aliphatic carbocycles. The Morgan fingerprint density at radius 1 is 0.946 bits per heavy atom. The second kappa shape index (κ2) is 14.4.